The summed E-state index contributed by atoms with van der Waals surface area (Å²) in [6, 6.07) is 15.8. The number of rotatable bonds is 4. The zero-order valence-corrected chi connectivity index (χ0v) is 13.4. The highest BCUT2D eigenvalue weighted by Gasteiger charge is 2.32. The predicted octanol–water partition coefficient (Wildman–Crippen LogP) is 2.33. The molecule has 2 amide bonds. The third-order valence-electron chi connectivity index (χ3n) is 4.14. The maximum Gasteiger partial charge on any atom is 0.229 e. The van der Waals surface area contributed by atoms with E-state index in [1.807, 2.05) is 18.2 Å². The van der Waals surface area contributed by atoms with Gasteiger partial charge < -0.3 is 10.2 Å². The van der Waals surface area contributed by atoms with Crippen molar-refractivity contribution < 1.29 is 14.4 Å². The second-order valence-electron chi connectivity index (χ2n) is 5.94. The number of nitrogens with one attached hydrogen (secondary N) is 1. The fraction of sp³-hybridized carbons (Fsp3) is 0.211. The lowest BCUT2D eigenvalue weighted by Crippen LogP contribution is -2.25. The van der Waals surface area contributed by atoms with Gasteiger partial charge in [-0.05, 0) is 12.1 Å². The van der Waals surface area contributed by atoms with Crippen molar-refractivity contribution in [2.75, 3.05) is 18.9 Å². The number of carbonyl (C=O) groups is 3. The molecule has 1 fully saturated rings. The number of nitrogens with zero attached hydrogens (tertiary/aromatic N) is 1. The monoisotopic (exact) mass is 322 g/mol. The van der Waals surface area contributed by atoms with Crippen LogP contribution in [-0.2, 0) is 9.59 Å². The van der Waals surface area contributed by atoms with Crippen molar-refractivity contribution in [1.29, 1.82) is 0 Å². The molecule has 1 aliphatic rings. The summed E-state index contributed by atoms with van der Waals surface area (Å²) >= 11 is 0. The van der Waals surface area contributed by atoms with Crippen LogP contribution >= 0.6 is 0 Å². The molecule has 0 aliphatic carbocycles. The Kier molecular flexibility index (Phi) is 4.42. The van der Waals surface area contributed by atoms with Crippen molar-refractivity contribution in [1.82, 2.24) is 4.90 Å². The average Bonchev–Trinajstić information content (AvgIpc) is 2.94. The lowest BCUT2D eigenvalue weighted by Gasteiger charge is -2.11. The molecule has 24 heavy (non-hydrogen) atoms. The summed E-state index contributed by atoms with van der Waals surface area (Å²) in [7, 11) is 1.69. The molecule has 1 aliphatic heterocycles. The number of amides is 2. The van der Waals surface area contributed by atoms with Crippen molar-refractivity contribution in [3.63, 3.8) is 0 Å². The molecule has 5 nitrogen and oxygen atoms in total. The molecule has 1 heterocycles. The Morgan fingerprint density at radius 2 is 1.75 bits per heavy atom. The molecule has 5 heteroatoms. The van der Waals surface area contributed by atoms with Gasteiger partial charge in [0.1, 0.15) is 0 Å². The third-order valence-corrected chi connectivity index (χ3v) is 4.14. The van der Waals surface area contributed by atoms with Gasteiger partial charge >= 0.3 is 0 Å². The smallest absolute Gasteiger partial charge is 0.229 e. The number of anilines is 1. The van der Waals surface area contributed by atoms with Crippen molar-refractivity contribution in [3.8, 4) is 0 Å². The van der Waals surface area contributed by atoms with E-state index in [0.717, 1.165) is 0 Å². The van der Waals surface area contributed by atoms with Crippen molar-refractivity contribution in [3.05, 3.63) is 65.7 Å². The minimum Gasteiger partial charge on any atom is -0.345 e. The first-order valence-corrected chi connectivity index (χ1v) is 7.79. The van der Waals surface area contributed by atoms with Crippen LogP contribution in [0.15, 0.2) is 54.6 Å². The Labute approximate surface area is 140 Å². The van der Waals surface area contributed by atoms with Gasteiger partial charge in [0.2, 0.25) is 11.8 Å². The van der Waals surface area contributed by atoms with E-state index in [4.69, 9.17) is 0 Å². The number of hydrogen-bond acceptors (Lipinski definition) is 3. The zero-order valence-electron chi connectivity index (χ0n) is 13.4. The largest absolute Gasteiger partial charge is 0.345 e. The van der Waals surface area contributed by atoms with Crippen LogP contribution in [-0.4, -0.2) is 36.1 Å². The van der Waals surface area contributed by atoms with E-state index in [1.54, 1.807) is 48.3 Å². The van der Waals surface area contributed by atoms with Gasteiger partial charge in [0, 0.05) is 36.8 Å². The van der Waals surface area contributed by atoms with E-state index in [-0.39, 0.29) is 29.9 Å². The van der Waals surface area contributed by atoms with Crippen LogP contribution in [0.2, 0.25) is 0 Å². The Morgan fingerprint density at radius 3 is 2.42 bits per heavy atom. The first-order valence-electron chi connectivity index (χ1n) is 7.79. The summed E-state index contributed by atoms with van der Waals surface area (Å²) in [5, 5.41) is 2.80. The lowest BCUT2D eigenvalue weighted by atomic mass is 10.0. The first-order chi connectivity index (χ1) is 11.5. The third kappa shape index (κ3) is 3.35. The van der Waals surface area contributed by atoms with Crippen LogP contribution in [0, 0.1) is 5.92 Å². The SMILES string of the molecule is CN1C[C@H](C(=O)Nc2cccc(C(=O)c3ccccc3)c2)CC1=O. The predicted molar refractivity (Wildman–Crippen MR) is 90.7 cm³/mol. The van der Waals surface area contributed by atoms with Gasteiger partial charge in [0.05, 0.1) is 5.92 Å². The van der Waals surface area contributed by atoms with Crippen molar-refractivity contribution >= 4 is 23.3 Å². The Morgan fingerprint density at radius 1 is 1.04 bits per heavy atom. The molecular formula is C19H18N2O3. The van der Waals surface area contributed by atoms with Gasteiger partial charge in [-0.15, -0.1) is 0 Å². The second kappa shape index (κ2) is 6.66. The molecule has 2 aromatic rings. The van der Waals surface area contributed by atoms with E-state index >= 15 is 0 Å². The summed E-state index contributed by atoms with van der Waals surface area (Å²) in [5.41, 5.74) is 1.67. The molecule has 0 spiro atoms. The van der Waals surface area contributed by atoms with E-state index in [2.05, 4.69) is 5.32 Å². The minimum absolute atomic E-state index is 0.0249. The highest BCUT2D eigenvalue weighted by atomic mass is 16.2. The quantitative estimate of drug-likeness (QED) is 0.879. The summed E-state index contributed by atoms with van der Waals surface area (Å²) in [4.78, 5) is 37.8. The number of hydrogen-bond donors (Lipinski definition) is 1. The molecule has 0 unspecified atom stereocenters. The van der Waals surface area contributed by atoms with Crippen LogP contribution in [0.3, 0.4) is 0 Å². The maximum absolute atomic E-state index is 12.5. The van der Waals surface area contributed by atoms with E-state index in [0.29, 0.717) is 23.4 Å². The van der Waals surface area contributed by atoms with Gasteiger partial charge in [0.25, 0.3) is 0 Å². The minimum atomic E-state index is -0.351. The van der Waals surface area contributed by atoms with Crippen molar-refractivity contribution in [2.45, 2.75) is 6.42 Å². The fourth-order valence-electron chi connectivity index (χ4n) is 2.78. The molecule has 1 atom stereocenters. The van der Waals surface area contributed by atoms with Crippen LogP contribution in [0.1, 0.15) is 22.3 Å². The average molecular weight is 322 g/mol. The zero-order chi connectivity index (χ0) is 17.1. The highest BCUT2D eigenvalue weighted by Crippen LogP contribution is 2.20. The normalized spacial score (nSPS) is 17.0. The number of carbonyl (C=O) groups excluding carboxylic acids is 3. The van der Waals surface area contributed by atoms with Gasteiger partial charge in [-0.2, -0.15) is 0 Å². The van der Waals surface area contributed by atoms with Crippen LogP contribution < -0.4 is 5.32 Å². The molecular weight excluding hydrogens is 304 g/mol. The maximum atomic E-state index is 12.5. The van der Waals surface area contributed by atoms with E-state index in [9.17, 15) is 14.4 Å². The molecule has 122 valence electrons. The van der Waals surface area contributed by atoms with Crippen LogP contribution in [0.25, 0.3) is 0 Å². The highest BCUT2D eigenvalue weighted by molar-refractivity contribution is 6.09. The summed E-state index contributed by atoms with van der Waals surface area (Å²) < 4.78 is 0. The summed E-state index contributed by atoms with van der Waals surface area (Å²) in [5.74, 6) is -0.668. The molecule has 2 aromatic carbocycles. The second-order valence-corrected chi connectivity index (χ2v) is 5.94. The Hall–Kier alpha value is -2.95. The molecule has 1 saturated heterocycles. The molecule has 0 bridgehead atoms. The summed E-state index contributed by atoms with van der Waals surface area (Å²) in [6.07, 6.45) is 0.227. The van der Waals surface area contributed by atoms with Gasteiger partial charge in [0.15, 0.2) is 5.78 Å². The standard InChI is InChI=1S/C19H18N2O3/c1-21-12-15(11-17(21)22)19(24)20-16-9-5-8-14(10-16)18(23)13-6-3-2-4-7-13/h2-10,15H,11-12H2,1H3,(H,20,24)/t15-/m1/s1. The Bertz CT molecular complexity index is 786. The van der Waals surface area contributed by atoms with Gasteiger partial charge in [-0.3, -0.25) is 14.4 Å². The molecule has 0 saturated carbocycles. The Balaban J connectivity index is 1.73. The van der Waals surface area contributed by atoms with Crippen molar-refractivity contribution in [2.24, 2.45) is 5.92 Å². The van der Waals surface area contributed by atoms with E-state index in [1.165, 1.54) is 0 Å². The topological polar surface area (TPSA) is 66.5 Å². The number of benzene rings is 2. The molecule has 0 aromatic heterocycles. The molecule has 3 rings (SSSR count). The van der Waals surface area contributed by atoms with Gasteiger partial charge in [-0.25, -0.2) is 0 Å². The molecule has 1 N–H and O–H groups in total. The fourth-order valence-corrected chi connectivity index (χ4v) is 2.78. The molecule has 0 radical (unpaired) electrons. The van der Waals surface area contributed by atoms with Crippen LogP contribution in [0.4, 0.5) is 5.69 Å². The van der Waals surface area contributed by atoms with Crippen LogP contribution in [0.5, 0.6) is 0 Å². The first kappa shape index (κ1) is 15.9. The summed E-state index contributed by atoms with van der Waals surface area (Å²) in [6.45, 7) is 0.424. The van der Waals surface area contributed by atoms with Gasteiger partial charge in [-0.1, -0.05) is 42.5 Å². The lowest BCUT2D eigenvalue weighted by molar-refractivity contribution is -0.127. The number of likely N-dealkylation sites (tertiary alicyclic amines) is 1. The van der Waals surface area contributed by atoms with E-state index < -0.39 is 0 Å². The number of ketones is 1.